The van der Waals surface area contributed by atoms with E-state index in [4.69, 9.17) is 0 Å². The third-order valence-corrected chi connectivity index (χ3v) is 5.40. The van der Waals surface area contributed by atoms with Gasteiger partial charge < -0.3 is 10.6 Å². The summed E-state index contributed by atoms with van der Waals surface area (Å²) in [6, 6.07) is 9.44. The predicted octanol–water partition coefficient (Wildman–Crippen LogP) is 2.47. The van der Waals surface area contributed by atoms with E-state index in [-0.39, 0.29) is 0 Å². The molecule has 0 bridgehead atoms. The van der Waals surface area contributed by atoms with Crippen molar-refractivity contribution in [2.24, 2.45) is 4.99 Å². The fourth-order valence-electron chi connectivity index (χ4n) is 3.45. The van der Waals surface area contributed by atoms with Gasteiger partial charge in [0.05, 0.1) is 6.54 Å². The number of nitrogens with zero attached hydrogens (tertiary/aromatic N) is 4. The number of aryl methyl sites for hydroxylation is 1. The Hall–Kier alpha value is -1.89. The minimum Gasteiger partial charge on any atom is -0.353 e. The van der Waals surface area contributed by atoms with Crippen LogP contribution in [0.5, 0.6) is 0 Å². The van der Waals surface area contributed by atoms with Crippen molar-refractivity contribution in [2.75, 3.05) is 6.54 Å². The summed E-state index contributed by atoms with van der Waals surface area (Å²) >= 11 is 3.50. The van der Waals surface area contributed by atoms with Crippen molar-refractivity contribution in [1.29, 1.82) is 0 Å². The van der Waals surface area contributed by atoms with E-state index in [1.807, 2.05) is 4.68 Å². The van der Waals surface area contributed by atoms with Gasteiger partial charge in [-0.05, 0) is 37.5 Å². The number of hydrogen-bond acceptors (Lipinski definition) is 3. The van der Waals surface area contributed by atoms with Crippen LogP contribution in [-0.2, 0) is 13.0 Å². The summed E-state index contributed by atoms with van der Waals surface area (Å²) in [6.07, 6.45) is 4.82. The smallest absolute Gasteiger partial charge is 0.191 e. The molecule has 0 saturated heterocycles. The number of aromatic nitrogens is 3. The van der Waals surface area contributed by atoms with Gasteiger partial charge in [0, 0.05) is 35.4 Å². The van der Waals surface area contributed by atoms with Gasteiger partial charge in [0.15, 0.2) is 5.96 Å². The quantitative estimate of drug-likeness (QED) is 0.608. The summed E-state index contributed by atoms with van der Waals surface area (Å²) in [7, 11) is 0. The molecule has 7 heteroatoms. The number of fused-ring (bicyclic) bond motifs is 1. The lowest BCUT2D eigenvalue weighted by molar-refractivity contribution is 0.392. The lowest BCUT2D eigenvalue weighted by atomic mass is 10.1. The van der Waals surface area contributed by atoms with Crippen LogP contribution in [-0.4, -0.2) is 39.4 Å². The molecule has 0 radical (unpaired) electrons. The molecule has 1 aromatic heterocycles. The van der Waals surface area contributed by atoms with Gasteiger partial charge in [0.2, 0.25) is 0 Å². The number of benzene rings is 1. The van der Waals surface area contributed by atoms with Crippen molar-refractivity contribution in [3.05, 3.63) is 46.5 Å². The minimum atomic E-state index is 0.344. The molecule has 1 fully saturated rings. The topological polar surface area (TPSA) is 67.1 Å². The number of halogens is 1. The number of nitrogens with one attached hydrogen (secondary N) is 2. The maximum atomic E-state index is 4.63. The van der Waals surface area contributed by atoms with Gasteiger partial charge >= 0.3 is 0 Å². The summed E-state index contributed by atoms with van der Waals surface area (Å²) in [5, 5.41) is 11.5. The van der Waals surface area contributed by atoms with Gasteiger partial charge in [-0.1, -0.05) is 28.1 Å². The van der Waals surface area contributed by atoms with E-state index in [0.29, 0.717) is 18.0 Å². The Bertz CT molecular complexity index is 753. The van der Waals surface area contributed by atoms with Crippen LogP contribution in [0.1, 0.15) is 37.1 Å². The van der Waals surface area contributed by atoms with E-state index < -0.39 is 0 Å². The normalized spacial score (nSPS) is 25.4. The standard InChI is InChI=1S/C18H23BrN6/c1-2-20-18(23-14-7-8-17-21-11-22-25(17)10-14)24-16-9-15(16)12-3-5-13(19)6-4-12/h3-6,11,14-16H,2,7-10H2,1H3,(H2,20,23,24). The molecule has 1 aromatic carbocycles. The first-order valence-corrected chi connectivity index (χ1v) is 9.72. The Kier molecular flexibility index (Phi) is 4.74. The maximum Gasteiger partial charge on any atom is 0.191 e. The number of rotatable bonds is 4. The molecule has 25 heavy (non-hydrogen) atoms. The van der Waals surface area contributed by atoms with Gasteiger partial charge in [0.1, 0.15) is 12.2 Å². The van der Waals surface area contributed by atoms with Crippen molar-refractivity contribution < 1.29 is 0 Å². The zero-order valence-corrected chi connectivity index (χ0v) is 15.9. The Morgan fingerprint density at radius 1 is 1.32 bits per heavy atom. The van der Waals surface area contributed by atoms with Crippen LogP contribution in [0.15, 0.2) is 40.1 Å². The molecule has 2 N–H and O–H groups in total. The summed E-state index contributed by atoms with van der Waals surface area (Å²) in [6.45, 7) is 3.69. The first-order chi connectivity index (χ1) is 12.2. The molecule has 1 aliphatic heterocycles. The van der Waals surface area contributed by atoms with E-state index in [9.17, 15) is 0 Å². The zero-order chi connectivity index (χ0) is 17.2. The fourth-order valence-corrected chi connectivity index (χ4v) is 3.71. The highest BCUT2D eigenvalue weighted by Gasteiger charge is 2.39. The Labute approximate surface area is 156 Å². The number of hydrogen-bond donors (Lipinski definition) is 2. The lowest BCUT2D eigenvalue weighted by Gasteiger charge is -2.25. The van der Waals surface area contributed by atoms with Crippen LogP contribution in [0.25, 0.3) is 0 Å². The largest absolute Gasteiger partial charge is 0.353 e. The van der Waals surface area contributed by atoms with Crippen LogP contribution in [0.3, 0.4) is 0 Å². The molecule has 2 aromatic rings. The van der Waals surface area contributed by atoms with Crippen molar-refractivity contribution in [3.63, 3.8) is 0 Å². The molecule has 132 valence electrons. The van der Waals surface area contributed by atoms with Crippen molar-refractivity contribution in [3.8, 4) is 0 Å². The number of guanidine groups is 1. The average molecular weight is 403 g/mol. The molecule has 2 heterocycles. The molecule has 1 saturated carbocycles. The SMILES string of the molecule is CCN=C(NC1CCc2ncnn2C1)NC1CC1c1ccc(Br)cc1. The van der Waals surface area contributed by atoms with Gasteiger partial charge in [-0.15, -0.1) is 0 Å². The molecular weight excluding hydrogens is 380 g/mol. The maximum absolute atomic E-state index is 4.63. The second-order valence-electron chi connectivity index (χ2n) is 6.71. The molecule has 0 amide bonds. The highest BCUT2D eigenvalue weighted by molar-refractivity contribution is 9.10. The number of aliphatic imine (C=N–C) groups is 1. The molecule has 6 nitrogen and oxygen atoms in total. The van der Waals surface area contributed by atoms with Crippen LogP contribution in [0.2, 0.25) is 0 Å². The predicted molar refractivity (Wildman–Crippen MR) is 102 cm³/mol. The monoisotopic (exact) mass is 402 g/mol. The van der Waals surface area contributed by atoms with Crippen LogP contribution < -0.4 is 10.6 Å². The van der Waals surface area contributed by atoms with Crippen molar-refractivity contribution >= 4 is 21.9 Å². The van der Waals surface area contributed by atoms with Crippen LogP contribution in [0.4, 0.5) is 0 Å². The van der Waals surface area contributed by atoms with E-state index in [1.165, 1.54) is 5.56 Å². The first kappa shape index (κ1) is 16.6. The van der Waals surface area contributed by atoms with E-state index in [2.05, 4.69) is 72.8 Å². The fraction of sp³-hybridized carbons (Fsp3) is 0.500. The molecule has 2 aliphatic rings. The zero-order valence-electron chi connectivity index (χ0n) is 14.3. The van der Waals surface area contributed by atoms with E-state index in [0.717, 1.165) is 48.6 Å². The second kappa shape index (κ2) is 7.15. The van der Waals surface area contributed by atoms with Crippen molar-refractivity contribution in [2.45, 2.75) is 50.7 Å². The molecule has 1 aliphatic carbocycles. The molecular formula is C18H23BrN6. The summed E-state index contributed by atoms with van der Waals surface area (Å²) in [5.41, 5.74) is 1.39. The van der Waals surface area contributed by atoms with Gasteiger partial charge in [-0.2, -0.15) is 5.10 Å². The highest BCUT2D eigenvalue weighted by atomic mass is 79.9. The molecule has 3 atom stereocenters. The first-order valence-electron chi connectivity index (χ1n) is 8.92. The summed E-state index contributed by atoms with van der Waals surface area (Å²) in [4.78, 5) is 8.92. The van der Waals surface area contributed by atoms with Gasteiger partial charge in [-0.3, -0.25) is 4.99 Å². The van der Waals surface area contributed by atoms with Gasteiger partial charge in [-0.25, -0.2) is 9.67 Å². The van der Waals surface area contributed by atoms with Gasteiger partial charge in [0.25, 0.3) is 0 Å². The Balaban J connectivity index is 1.35. The van der Waals surface area contributed by atoms with Crippen LogP contribution in [0, 0.1) is 0 Å². The lowest BCUT2D eigenvalue weighted by Crippen LogP contribution is -2.48. The molecule has 0 spiro atoms. The Morgan fingerprint density at radius 3 is 2.96 bits per heavy atom. The Morgan fingerprint density at radius 2 is 2.16 bits per heavy atom. The second-order valence-corrected chi connectivity index (χ2v) is 7.62. The summed E-state index contributed by atoms with van der Waals surface area (Å²) < 4.78 is 3.12. The van der Waals surface area contributed by atoms with Crippen LogP contribution >= 0.6 is 15.9 Å². The third-order valence-electron chi connectivity index (χ3n) is 4.87. The molecule has 4 rings (SSSR count). The van der Waals surface area contributed by atoms with E-state index in [1.54, 1.807) is 6.33 Å². The highest BCUT2D eigenvalue weighted by Crippen LogP contribution is 2.41. The summed E-state index contributed by atoms with van der Waals surface area (Å²) in [5.74, 6) is 2.57. The van der Waals surface area contributed by atoms with E-state index >= 15 is 0 Å². The average Bonchev–Trinajstić information content (AvgIpc) is 3.20. The molecule has 3 unspecified atom stereocenters. The van der Waals surface area contributed by atoms with Crippen molar-refractivity contribution in [1.82, 2.24) is 25.4 Å². The third kappa shape index (κ3) is 3.86. The minimum absolute atomic E-state index is 0.344.